The third-order valence-electron chi connectivity index (χ3n) is 8.95. The van der Waals surface area contributed by atoms with Crippen LogP contribution < -0.4 is 18.9 Å². The van der Waals surface area contributed by atoms with Crippen molar-refractivity contribution in [3.8, 4) is 0 Å². The first-order valence-corrected chi connectivity index (χ1v) is 16.8. The molecule has 0 unspecified atom stereocenters. The Morgan fingerprint density at radius 3 is 0.722 bits per heavy atom. The maximum atomic E-state index is 14.0. The molecule has 8 aromatic carbocycles. The summed E-state index contributed by atoms with van der Waals surface area (Å²) >= 11 is 0. The monoisotopic (exact) mass is 702 g/mol. The maximum absolute atomic E-state index is 14.0. The fourth-order valence-electron chi connectivity index (χ4n) is 6.21. The summed E-state index contributed by atoms with van der Waals surface area (Å²) in [5, 5.41) is 6.29. The molecule has 8 nitrogen and oxygen atoms in total. The summed E-state index contributed by atoms with van der Waals surface area (Å²) in [6.07, 6.45) is 0. The minimum absolute atomic E-state index is 0. The second kappa shape index (κ2) is 15.1. The van der Waals surface area contributed by atoms with Gasteiger partial charge in [0.1, 0.15) is 0 Å². The van der Waals surface area contributed by atoms with E-state index in [1.54, 1.807) is 48.5 Å². The molecule has 0 saturated heterocycles. The molecular weight excluding hydrogens is 674 g/mol. The number of fused-ring (bicyclic) bond motifs is 4. The van der Waals surface area contributed by atoms with Crippen LogP contribution in [0, 0.1) is 0 Å². The van der Waals surface area contributed by atoms with E-state index in [1.807, 2.05) is 97.1 Å². The Bertz CT molecular complexity index is 2370. The molecule has 0 fully saturated rings. The van der Waals surface area contributed by atoms with Crippen molar-refractivity contribution in [3.05, 3.63) is 192 Å². The number of rotatable bonds is 8. The molecule has 0 radical (unpaired) electrons. The zero-order valence-corrected chi connectivity index (χ0v) is 29.0. The molecule has 0 heterocycles. The molecule has 54 heavy (non-hydrogen) atoms. The Morgan fingerprint density at radius 2 is 0.500 bits per heavy atom. The van der Waals surface area contributed by atoms with Crippen LogP contribution in [0.4, 0.5) is 0 Å². The fraction of sp³-hybridized carbons (Fsp3) is 0. The van der Waals surface area contributed by atoms with Crippen molar-refractivity contribution in [2.45, 2.75) is 0 Å². The quantitative estimate of drug-likeness (QED) is 0.166. The Labute approximate surface area is 321 Å². The van der Waals surface area contributed by atoms with Gasteiger partial charge in [-0.1, -0.05) is 121 Å². The Balaban J connectivity index is 0.00000450. The number of carbonyl (C=O) groups is 4. The van der Waals surface area contributed by atoms with Crippen molar-refractivity contribution >= 4 is 73.9 Å². The van der Waals surface area contributed by atoms with Gasteiger partial charge in [0.15, 0.2) is 0 Å². The Hall–Kier alpha value is -6.66. The third kappa shape index (κ3) is 7.46. The summed E-state index contributed by atoms with van der Waals surface area (Å²) in [5.41, 5.74) is 0.112. The van der Waals surface area contributed by atoms with Crippen molar-refractivity contribution < 1.29 is 56.7 Å². The minimum Gasteiger partial charge on any atom is -0.581 e. The van der Waals surface area contributed by atoms with Crippen LogP contribution in [0.15, 0.2) is 170 Å². The molecule has 0 atom stereocenters. The fourth-order valence-corrected chi connectivity index (χ4v) is 6.21. The van der Waals surface area contributed by atoms with E-state index in [0.29, 0.717) is 0 Å². The van der Waals surface area contributed by atoms with Gasteiger partial charge in [-0.05, 0) is 91.6 Å². The van der Waals surface area contributed by atoms with Crippen LogP contribution in [0.5, 0.6) is 0 Å². The van der Waals surface area contributed by atoms with Gasteiger partial charge in [0.25, 0.3) is 23.9 Å². The standard InChI is InChI=1S/C44H28BO8.Li/c46-41(37-21-17-29-9-1-5-13-33(29)25-37)50-45(51-42(47)38-22-18-30-10-2-6-14-34(30)26-38,52-43(48)39-23-19-31-11-3-7-15-35(31)27-39)53-44(49)40-24-20-32-12-4-8-16-36(32)28-40;/h1-28H;/q-1;+1. The van der Waals surface area contributed by atoms with Gasteiger partial charge in [-0.15, -0.1) is 0 Å². The predicted octanol–water partition coefficient (Wildman–Crippen LogP) is 6.47. The van der Waals surface area contributed by atoms with Gasteiger partial charge in [-0.3, -0.25) is 19.2 Å². The molecular formula is C44H28BLiO8. The van der Waals surface area contributed by atoms with Crippen molar-refractivity contribution in [3.63, 3.8) is 0 Å². The van der Waals surface area contributed by atoms with E-state index in [4.69, 9.17) is 18.6 Å². The van der Waals surface area contributed by atoms with Crippen molar-refractivity contribution in [2.75, 3.05) is 0 Å². The summed E-state index contributed by atoms with van der Waals surface area (Å²) in [5.74, 6) is -4.28. The number of benzene rings is 8. The molecule has 0 N–H and O–H groups in total. The molecule has 8 rings (SSSR count). The van der Waals surface area contributed by atoms with Gasteiger partial charge in [0.05, 0.1) is 22.3 Å². The zero-order chi connectivity index (χ0) is 36.4. The topological polar surface area (TPSA) is 105 Å². The van der Waals surface area contributed by atoms with Crippen LogP contribution >= 0.6 is 0 Å². The van der Waals surface area contributed by atoms with E-state index < -0.39 is 30.8 Å². The van der Waals surface area contributed by atoms with Crippen LogP contribution in [0.25, 0.3) is 43.1 Å². The molecule has 0 spiro atoms. The number of hydrogen-bond acceptors (Lipinski definition) is 8. The largest absolute Gasteiger partial charge is 1.00 e. The van der Waals surface area contributed by atoms with E-state index in [1.165, 1.54) is 24.3 Å². The normalized spacial score (nSPS) is 11.1. The Morgan fingerprint density at radius 1 is 0.296 bits per heavy atom. The smallest absolute Gasteiger partial charge is 0.581 e. The van der Waals surface area contributed by atoms with E-state index in [0.717, 1.165) is 43.1 Å². The average molecular weight is 702 g/mol. The third-order valence-corrected chi connectivity index (χ3v) is 8.95. The molecule has 0 aliphatic rings. The Kier molecular flexibility index (Phi) is 10.0. The average Bonchev–Trinajstić information content (AvgIpc) is 3.19. The van der Waals surface area contributed by atoms with Gasteiger partial charge >= 0.3 is 25.8 Å². The van der Waals surface area contributed by atoms with Gasteiger partial charge < -0.3 is 18.6 Å². The molecule has 8 aromatic rings. The maximum Gasteiger partial charge on any atom is 1.00 e. The van der Waals surface area contributed by atoms with Crippen molar-refractivity contribution in [1.29, 1.82) is 0 Å². The van der Waals surface area contributed by atoms with Crippen LogP contribution in [0.3, 0.4) is 0 Å². The van der Waals surface area contributed by atoms with Crippen LogP contribution in [-0.4, -0.2) is 30.8 Å². The predicted molar refractivity (Wildman–Crippen MR) is 203 cm³/mol. The summed E-state index contributed by atoms with van der Waals surface area (Å²) < 4.78 is 23.2. The first kappa shape index (κ1) is 35.7. The van der Waals surface area contributed by atoms with Gasteiger partial charge in [0, 0.05) is 0 Å². The molecule has 0 amide bonds. The minimum atomic E-state index is -4.28. The first-order valence-electron chi connectivity index (χ1n) is 16.8. The van der Waals surface area contributed by atoms with Gasteiger partial charge in [-0.2, -0.15) is 0 Å². The molecule has 256 valence electrons. The van der Waals surface area contributed by atoms with E-state index >= 15 is 0 Å². The molecule has 0 saturated carbocycles. The second-order valence-corrected chi connectivity index (χ2v) is 12.4. The van der Waals surface area contributed by atoms with E-state index in [-0.39, 0.29) is 41.1 Å². The summed E-state index contributed by atoms with van der Waals surface area (Å²) in [6, 6.07) is 48.6. The van der Waals surface area contributed by atoms with Gasteiger partial charge in [-0.25, -0.2) is 0 Å². The van der Waals surface area contributed by atoms with Crippen molar-refractivity contribution in [2.24, 2.45) is 0 Å². The van der Waals surface area contributed by atoms with Gasteiger partial charge in [0.2, 0.25) is 0 Å². The van der Waals surface area contributed by atoms with Crippen molar-refractivity contribution in [1.82, 2.24) is 0 Å². The van der Waals surface area contributed by atoms with E-state index in [9.17, 15) is 19.2 Å². The molecule has 0 aromatic heterocycles. The summed E-state index contributed by atoms with van der Waals surface area (Å²) in [6.45, 7) is -4.28. The van der Waals surface area contributed by atoms with Crippen LogP contribution in [0.2, 0.25) is 0 Å². The number of hydrogen-bond donors (Lipinski definition) is 0. The molecule has 0 bridgehead atoms. The first-order chi connectivity index (χ1) is 25.8. The zero-order valence-electron chi connectivity index (χ0n) is 29.0. The van der Waals surface area contributed by atoms with Crippen LogP contribution in [0.1, 0.15) is 41.4 Å². The summed E-state index contributed by atoms with van der Waals surface area (Å²) in [4.78, 5) is 56.0. The molecule has 0 aliphatic heterocycles. The van der Waals surface area contributed by atoms with Crippen LogP contribution in [-0.2, 0) is 18.6 Å². The second-order valence-electron chi connectivity index (χ2n) is 12.4. The van der Waals surface area contributed by atoms with E-state index in [2.05, 4.69) is 0 Å². The summed E-state index contributed by atoms with van der Waals surface area (Å²) in [7, 11) is 0. The SMILES string of the molecule is O=C(O[B-](OC(=O)c1ccc2ccccc2c1)(OC(=O)c1ccc2ccccc2c1)OC(=O)c1ccc2ccccc2c1)c1ccc2ccccc2c1.[Li+]. The molecule has 10 heteroatoms. The molecule has 0 aliphatic carbocycles. The number of carbonyl (C=O) groups excluding carboxylic acids is 4.